The molecule has 2 atom stereocenters. The minimum atomic E-state index is -0.0871. The topological polar surface area (TPSA) is 59.6 Å². The summed E-state index contributed by atoms with van der Waals surface area (Å²) < 4.78 is 11.4. The Bertz CT molecular complexity index is 742. The number of carbonyl (C=O) groups is 1. The molecule has 0 radical (unpaired) electrons. The third kappa shape index (κ3) is 5.47. The fraction of sp³-hybridized carbons (Fsp3) is 0.409. The lowest BCUT2D eigenvalue weighted by atomic mass is 10.1. The van der Waals surface area contributed by atoms with Gasteiger partial charge in [0.2, 0.25) is 5.91 Å². The molecule has 0 spiro atoms. The molecule has 1 aliphatic rings. The van der Waals surface area contributed by atoms with Crippen LogP contribution in [0.25, 0.3) is 0 Å². The van der Waals surface area contributed by atoms with Gasteiger partial charge in [0.05, 0.1) is 13.2 Å². The first-order valence-corrected chi connectivity index (χ1v) is 9.53. The maximum atomic E-state index is 12.3. The molecule has 1 saturated heterocycles. The molecule has 0 aromatic heterocycles. The lowest BCUT2D eigenvalue weighted by Gasteiger charge is -2.18. The summed E-state index contributed by atoms with van der Waals surface area (Å²) in [6, 6.07) is 16.0. The summed E-state index contributed by atoms with van der Waals surface area (Å²) in [7, 11) is 1.63. The Labute approximate surface area is 161 Å². The van der Waals surface area contributed by atoms with Gasteiger partial charge in [-0.3, -0.25) is 4.79 Å². The molecule has 27 heavy (non-hydrogen) atoms. The predicted octanol–water partition coefficient (Wildman–Crippen LogP) is 3.59. The summed E-state index contributed by atoms with van der Waals surface area (Å²) in [5.41, 5.74) is 2.09. The van der Waals surface area contributed by atoms with Gasteiger partial charge >= 0.3 is 0 Å². The Morgan fingerprint density at radius 3 is 2.74 bits per heavy atom. The van der Waals surface area contributed by atoms with Gasteiger partial charge < -0.3 is 20.1 Å². The summed E-state index contributed by atoms with van der Waals surface area (Å²) >= 11 is 0. The molecule has 2 aromatic rings. The van der Waals surface area contributed by atoms with Gasteiger partial charge in [0, 0.05) is 12.5 Å². The molecular formula is C22H28N2O3. The Hall–Kier alpha value is -2.53. The first-order valence-electron chi connectivity index (χ1n) is 9.53. The maximum absolute atomic E-state index is 12.3. The van der Waals surface area contributed by atoms with Crippen LogP contribution in [0.5, 0.6) is 11.5 Å². The van der Waals surface area contributed by atoms with Crippen LogP contribution < -0.4 is 20.1 Å². The number of hydrogen-bond donors (Lipinski definition) is 2. The quantitative estimate of drug-likeness (QED) is 0.748. The van der Waals surface area contributed by atoms with Crippen molar-refractivity contribution < 1.29 is 14.3 Å². The minimum absolute atomic E-state index is 0.0743. The van der Waals surface area contributed by atoms with Gasteiger partial charge in [-0.25, -0.2) is 0 Å². The van der Waals surface area contributed by atoms with E-state index in [1.54, 1.807) is 7.11 Å². The van der Waals surface area contributed by atoms with E-state index in [0.717, 1.165) is 30.5 Å². The normalized spacial score (nSPS) is 17.3. The van der Waals surface area contributed by atoms with Gasteiger partial charge in [0.25, 0.3) is 0 Å². The summed E-state index contributed by atoms with van der Waals surface area (Å²) in [5, 5.41) is 6.43. The van der Waals surface area contributed by atoms with Crippen LogP contribution in [0.3, 0.4) is 0 Å². The van der Waals surface area contributed by atoms with Crippen molar-refractivity contribution in [3.8, 4) is 11.5 Å². The zero-order valence-corrected chi connectivity index (χ0v) is 16.0. The zero-order chi connectivity index (χ0) is 19.1. The number of carbonyl (C=O) groups excluding carboxylic acids is 1. The molecule has 2 N–H and O–H groups in total. The van der Waals surface area contributed by atoms with Crippen molar-refractivity contribution in [3.05, 3.63) is 59.7 Å². The SMILES string of the molecule is COc1cc(C(C)NC(=O)CC2CCCN2)ccc1OCc1ccccc1. The van der Waals surface area contributed by atoms with E-state index >= 15 is 0 Å². The van der Waals surface area contributed by atoms with E-state index in [2.05, 4.69) is 10.6 Å². The number of methoxy groups -OCH3 is 1. The molecule has 5 heteroatoms. The van der Waals surface area contributed by atoms with E-state index in [-0.39, 0.29) is 11.9 Å². The van der Waals surface area contributed by atoms with Crippen LogP contribution >= 0.6 is 0 Å². The highest BCUT2D eigenvalue weighted by atomic mass is 16.5. The summed E-state index contributed by atoms with van der Waals surface area (Å²) in [6.45, 7) is 3.48. The van der Waals surface area contributed by atoms with E-state index in [9.17, 15) is 4.79 Å². The van der Waals surface area contributed by atoms with E-state index < -0.39 is 0 Å². The fourth-order valence-corrected chi connectivity index (χ4v) is 3.35. The summed E-state index contributed by atoms with van der Waals surface area (Å²) in [5.74, 6) is 1.44. The Balaban J connectivity index is 1.59. The maximum Gasteiger partial charge on any atom is 0.222 e. The van der Waals surface area contributed by atoms with Crippen LogP contribution in [0.2, 0.25) is 0 Å². The average Bonchev–Trinajstić information content (AvgIpc) is 3.19. The lowest BCUT2D eigenvalue weighted by molar-refractivity contribution is -0.122. The Morgan fingerprint density at radius 2 is 2.04 bits per heavy atom. The second kappa shape index (κ2) is 9.42. The molecule has 1 amide bonds. The third-order valence-corrected chi connectivity index (χ3v) is 4.90. The number of rotatable bonds is 8. The molecule has 2 unspecified atom stereocenters. The van der Waals surface area contributed by atoms with Crippen molar-refractivity contribution in [2.75, 3.05) is 13.7 Å². The largest absolute Gasteiger partial charge is 0.493 e. The van der Waals surface area contributed by atoms with Crippen LogP contribution in [0, 0.1) is 0 Å². The molecular weight excluding hydrogens is 340 g/mol. The number of hydrogen-bond acceptors (Lipinski definition) is 4. The molecule has 1 fully saturated rings. The smallest absolute Gasteiger partial charge is 0.222 e. The van der Waals surface area contributed by atoms with Crippen molar-refractivity contribution in [1.82, 2.24) is 10.6 Å². The van der Waals surface area contributed by atoms with E-state index in [0.29, 0.717) is 30.6 Å². The molecule has 0 bridgehead atoms. The van der Waals surface area contributed by atoms with Gasteiger partial charge in [-0.15, -0.1) is 0 Å². The number of benzene rings is 2. The molecule has 3 rings (SSSR count). The van der Waals surface area contributed by atoms with Gasteiger partial charge in [-0.2, -0.15) is 0 Å². The third-order valence-electron chi connectivity index (χ3n) is 4.90. The molecule has 5 nitrogen and oxygen atoms in total. The van der Waals surface area contributed by atoms with E-state index in [4.69, 9.17) is 9.47 Å². The zero-order valence-electron chi connectivity index (χ0n) is 16.0. The van der Waals surface area contributed by atoms with Crippen molar-refractivity contribution in [2.45, 2.75) is 44.9 Å². The van der Waals surface area contributed by atoms with Crippen molar-refractivity contribution in [3.63, 3.8) is 0 Å². The fourth-order valence-electron chi connectivity index (χ4n) is 3.35. The molecule has 0 aliphatic carbocycles. The lowest BCUT2D eigenvalue weighted by Crippen LogP contribution is -2.33. The van der Waals surface area contributed by atoms with Gasteiger partial charge in [-0.1, -0.05) is 36.4 Å². The van der Waals surface area contributed by atoms with Crippen LogP contribution in [-0.2, 0) is 11.4 Å². The monoisotopic (exact) mass is 368 g/mol. The van der Waals surface area contributed by atoms with E-state index in [1.807, 2.05) is 55.5 Å². The minimum Gasteiger partial charge on any atom is -0.493 e. The number of ether oxygens (including phenoxy) is 2. The second-order valence-corrected chi connectivity index (χ2v) is 6.97. The first kappa shape index (κ1) is 19.2. The van der Waals surface area contributed by atoms with Crippen molar-refractivity contribution in [1.29, 1.82) is 0 Å². The van der Waals surface area contributed by atoms with Gasteiger partial charge in [0.1, 0.15) is 6.61 Å². The first-order chi connectivity index (χ1) is 13.2. The molecule has 144 valence electrons. The van der Waals surface area contributed by atoms with E-state index in [1.165, 1.54) is 0 Å². The number of amides is 1. The summed E-state index contributed by atoms with van der Waals surface area (Å²) in [4.78, 5) is 12.3. The highest BCUT2D eigenvalue weighted by molar-refractivity contribution is 5.77. The Kier molecular flexibility index (Phi) is 6.71. The summed E-state index contributed by atoms with van der Waals surface area (Å²) in [6.07, 6.45) is 2.75. The van der Waals surface area contributed by atoms with Crippen molar-refractivity contribution in [2.24, 2.45) is 0 Å². The Morgan fingerprint density at radius 1 is 1.22 bits per heavy atom. The second-order valence-electron chi connectivity index (χ2n) is 6.97. The highest BCUT2D eigenvalue weighted by Gasteiger charge is 2.19. The van der Waals surface area contributed by atoms with Gasteiger partial charge in [-0.05, 0) is 49.6 Å². The standard InChI is InChI=1S/C22H28N2O3/c1-16(24-22(25)14-19-9-6-12-23-19)18-10-11-20(21(13-18)26-2)27-15-17-7-4-3-5-8-17/h3-5,7-8,10-11,13,16,19,23H,6,9,12,14-15H2,1-2H3,(H,24,25). The number of nitrogens with one attached hydrogen (secondary N) is 2. The average molecular weight is 368 g/mol. The molecule has 1 heterocycles. The highest BCUT2D eigenvalue weighted by Crippen LogP contribution is 2.31. The molecule has 1 aliphatic heterocycles. The molecule has 0 saturated carbocycles. The van der Waals surface area contributed by atoms with Crippen LogP contribution in [0.15, 0.2) is 48.5 Å². The van der Waals surface area contributed by atoms with Gasteiger partial charge in [0.15, 0.2) is 11.5 Å². The van der Waals surface area contributed by atoms with Crippen LogP contribution in [-0.4, -0.2) is 25.6 Å². The molecule has 2 aromatic carbocycles. The van der Waals surface area contributed by atoms with Crippen LogP contribution in [0.4, 0.5) is 0 Å². The van der Waals surface area contributed by atoms with Crippen LogP contribution in [0.1, 0.15) is 43.4 Å². The van der Waals surface area contributed by atoms with Crippen molar-refractivity contribution >= 4 is 5.91 Å². The predicted molar refractivity (Wildman–Crippen MR) is 106 cm³/mol.